The number of halogens is 1. The summed E-state index contributed by atoms with van der Waals surface area (Å²) >= 11 is 0. The monoisotopic (exact) mass is 512 g/mol. The molecule has 0 saturated carbocycles. The van der Waals surface area contributed by atoms with Crippen LogP contribution in [-0.4, -0.2) is 44.9 Å². The van der Waals surface area contributed by atoms with Gasteiger partial charge in [0.05, 0.1) is 6.61 Å². The number of hydrogen-bond donors (Lipinski definition) is 2. The Labute approximate surface area is 189 Å². The molecule has 0 aliphatic carbocycles. The van der Waals surface area contributed by atoms with Gasteiger partial charge in [-0.05, 0) is 11.6 Å². The summed E-state index contributed by atoms with van der Waals surface area (Å²) in [4.78, 5) is 8.54. The normalized spacial score (nSPS) is 10.6. The van der Waals surface area contributed by atoms with Crippen molar-refractivity contribution in [3.8, 4) is 11.6 Å². The molecule has 2 aromatic rings. The van der Waals surface area contributed by atoms with Gasteiger partial charge in [0.2, 0.25) is 5.88 Å². The zero-order valence-corrected chi connectivity index (χ0v) is 19.2. The first-order valence-corrected chi connectivity index (χ1v) is 9.09. The maximum Gasteiger partial charge on any atom is 0.213 e. The van der Waals surface area contributed by atoms with Crippen molar-refractivity contribution >= 4 is 29.9 Å². The van der Waals surface area contributed by atoms with Crippen LogP contribution in [-0.2, 0) is 17.8 Å². The van der Waals surface area contributed by atoms with E-state index in [1.54, 1.807) is 26.4 Å². The molecule has 0 aliphatic heterocycles. The van der Waals surface area contributed by atoms with Crippen molar-refractivity contribution in [2.45, 2.75) is 13.1 Å². The van der Waals surface area contributed by atoms with Crippen molar-refractivity contribution < 1.29 is 14.2 Å². The number of pyridine rings is 1. The van der Waals surface area contributed by atoms with E-state index in [0.29, 0.717) is 44.7 Å². The van der Waals surface area contributed by atoms with Gasteiger partial charge in [-0.15, -0.1) is 24.0 Å². The number of hydrogen-bond acceptors (Lipinski definition) is 5. The lowest BCUT2D eigenvalue weighted by atomic mass is 10.2. The fourth-order valence-electron chi connectivity index (χ4n) is 2.36. The molecule has 0 atom stereocenters. The van der Waals surface area contributed by atoms with Crippen molar-refractivity contribution in [1.29, 1.82) is 0 Å². The zero-order chi connectivity index (χ0) is 20.0. The second-order valence-electron chi connectivity index (χ2n) is 5.83. The third-order valence-electron chi connectivity index (χ3n) is 3.79. The Morgan fingerprint density at radius 1 is 1.10 bits per heavy atom. The van der Waals surface area contributed by atoms with Crippen molar-refractivity contribution in [3.05, 3.63) is 66.4 Å². The van der Waals surface area contributed by atoms with Crippen LogP contribution in [0.2, 0.25) is 0 Å². The number of para-hydroxylation sites is 1. The lowest BCUT2D eigenvalue weighted by Gasteiger charge is -2.14. The van der Waals surface area contributed by atoms with E-state index in [0.717, 1.165) is 16.9 Å². The van der Waals surface area contributed by atoms with Crippen molar-refractivity contribution in [2.24, 2.45) is 4.99 Å². The average molecular weight is 512 g/mol. The second-order valence-corrected chi connectivity index (χ2v) is 5.83. The number of nitrogens with zero attached hydrogens (tertiary/aromatic N) is 2. The molecular weight excluding hydrogens is 483 g/mol. The molecule has 2 rings (SSSR count). The topological polar surface area (TPSA) is 77.0 Å². The number of benzene rings is 1. The van der Waals surface area contributed by atoms with Crippen LogP contribution < -0.4 is 20.1 Å². The van der Waals surface area contributed by atoms with Gasteiger partial charge in [0.15, 0.2) is 5.96 Å². The smallest absolute Gasteiger partial charge is 0.213 e. The summed E-state index contributed by atoms with van der Waals surface area (Å²) < 4.78 is 16.1. The first kappa shape index (κ1) is 24.7. The SMILES string of the molecule is C=CCOc1ccccc1CNC(=NC)NCc1ccc(OCCOC)nc1.I. The van der Waals surface area contributed by atoms with E-state index in [9.17, 15) is 0 Å². The van der Waals surface area contributed by atoms with Gasteiger partial charge in [-0.2, -0.15) is 0 Å². The molecule has 0 radical (unpaired) electrons. The number of aliphatic imine (C=N–C) groups is 1. The van der Waals surface area contributed by atoms with Gasteiger partial charge in [-0.3, -0.25) is 4.99 Å². The number of nitrogens with one attached hydrogen (secondary N) is 2. The third-order valence-corrected chi connectivity index (χ3v) is 3.79. The van der Waals surface area contributed by atoms with Crippen LogP contribution in [0, 0.1) is 0 Å². The van der Waals surface area contributed by atoms with E-state index in [4.69, 9.17) is 14.2 Å². The lowest BCUT2D eigenvalue weighted by Crippen LogP contribution is -2.36. The highest BCUT2D eigenvalue weighted by atomic mass is 127. The highest BCUT2D eigenvalue weighted by molar-refractivity contribution is 14.0. The fraction of sp³-hybridized carbons (Fsp3) is 0.333. The molecule has 158 valence electrons. The molecule has 2 N–H and O–H groups in total. The molecule has 0 saturated heterocycles. The Morgan fingerprint density at radius 2 is 1.90 bits per heavy atom. The van der Waals surface area contributed by atoms with E-state index >= 15 is 0 Å². The molecular formula is C21H29IN4O3. The minimum atomic E-state index is 0. The van der Waals surface area contributed by atoms with Crippen LogP contribution >= 0.6 is 24.0 Å². The molecule has 29 heavy (non-hydrogen) atoms. The molecule has 8 heteroatoms. The molecule has 1 aromatic heterocycles. The Kier molecular flexibility index (Phi) is 12.5. The predicted octanol–water partition coefficient (Wildman–Crippen LogP) is 3.15. The molecule has 7 nitrogen and oxygen atoms in total. The maximum atomic E-state index is 5.68. The molecule has 0 spiro atoms. The number of ether oxygens (including phenoxy) is 3. The molecule has 1 aromatic carbocycles. The highest BCUT2D eigenvalue weighted by Gasteiger charge is 2.05. The summed E-state index contributed by atoms with van der Waals surface area (Å²) in [6.45, 7) is 6.37. The first-order valence-electron chi connectivity index (χ1n) is 9.09. The number of rotatable bonds is 11. The Morgan fingerprint density at radius 3 is 2.59 bits per heavy atom. The molecule has 0 bridgehead atoms. The summed E-state index contributed by atoms with van der Waals surface area (Å²) in [5.74, 6) is 2.11. The van der Waals surface area contributed by atoms with Crippen LogP contribution in [0.4, 0.5) is 0 Å². The van der Waals surface area contributed by atoms with Crippen LogP contribution in [0.25, 0.3) is 0 Å². The van der Waals surface area contributed by atoms with E-state index in [1.165, 1.54) is 0 Å². The van der Waals surface area contributed by atoms with Gasteiger partial charge in [-0.1, -0.05) is 36.9 Å². The number of methoxy groups -OCH3 is 1. The summed E-state index contributed by atoms with van der Waals surface area (Å²) in [5.41, 5.74) is 2.07. The summed E-state index contributed by atoms with van der Waals surface area (Å²) in [6, 6.07) is 11.7. The summed E-state index contributed by atoms with van der Waals surface area (Å²) in [5, 5.41) is 6.56. The summed E-state index contributed by atoms with van der Waals surface area (Å²) in [7, 11) is 3.37. The Hall–Kier alpha value is -2.33. The van der Waals surface area contributed by atoms with Crippen molar-refractivity contribution in [3.63, 3.8) is 0 Å². The third kappa shape index (κ3) is 9.14. The van der Waals surface area contributed by atoms with E-state index in [-0.39, 0.29) is 24.0 Å². The van der Waals surface area contributed by atoms with Gasteiger partial charge >= 0.3 is 0 Å². The molecule has 0 unspecified atom stereocenters. The summed E-state index contributed by atoms with van der Waals surface area (Å²) in [6.07, 6.45) is 3.51. The largest absolute Gasteiger partial charge is 0.489 e. The Bertz CT molecular complexity index is 754. The standard InChI is InChI=1S/C21H28N4O3.HI/c1-4-11-27-19-8-6-5-7-18(19)16-25-21(22-2)24-15-17-9-10-20(23-14-17)28-13-12-26-3;/h4-10,14H,1,11-13,15-16H2,2-3H3,(H2,22,24,25);1H. The first-order chi connectivity index (χ1) is 13.8. The van der Waals surface area contributed by atoms with Gasteiger partial charge in [0.25, 0.3) is 0 Å². The molecule has 0 amide bonds. The van der Waals surface area contributed by atoms with E-state index in [1.807, 2.05) is 36.4 Å². The van der Waals surface area contributed by atoms with Crippen molar-refractivity contribution in [2.75, 3.05) is 34.0 Å². The Balaban J connectivity index is 0.00000420. The zero-order valence-electron chi connectivity index (χ0n) is 16.9. The number of aromatic nitrogens is 1. The average Bonchev–Trinajstić information content (AvgIpc) is 2.74. The molecule has 0 fully saturated rings. The van der Waals surface area contributed by atoms with E-state index < -0.39 is 0 Å². The van der Waals surface area contributed by atoms with Crippen molar-refractivity contribution in [1.82, 2.24) is 15.6 Å². The van der Waals surface area contributed by atoms with Crippen LogP contribution in [0.1, 0.15) is 11.1 Å². The van der Waals surface area contributed by atoms with Crippen LogP contribution in [0.5, 0.6) is 11.6 Å². The van der Waals surface area contributed by atoms with Crippen LogP contribution in [0.3, 0.4) is 0 Å². The van der Waals surface area contributed by atoms with Gasteiger partial charge in [-0.25, -0.2) is 4.98 Å². The molecule has 0 aliphatic rings. The molecule has 1 heterocycles. The quantitative estimate of drug-likeness (QED) is 0.159. The van der Waals surface area contributed by atoms with E-state index in [2.05, 4.69) is 27.2 Å². The maximum absolute atomic E-state index is 5.68. The van der Waals surface area contributed by atoms with Gasteiger partial charge in [0, 0.05) is 45.1 Å². The lowest BCUT2D eigenvalue weighted by molar-refractivity contribution is 0.143. The minimum Gasteiger partial charge on any atom is -0.489 e. The minimum absolute atomic E-state index is 0. The van der Waals surface area contributed by atoms with Crippen LogP contribution in [0.15, 0.2) is 60.2 Å². The van der Waals surface area contributed by atoms with Gasteiger partial charge < -0.3 is 24.8 Å². The predicted molar refractivity (Wildman–Crippen MR) is 126 cm³/mol. The second kappa shape index (κ2) is 14.6. The highest BCUT2D eigenvalue weighted by Crippen LogP contribution is 2.17. The van der Waals surface area contributed by atoms with Gasteiger partial charge in [0.1, 0.15) is 19.0 Å². The number of guanidine groups is 1. The fourth-order valence-corrected chi connectivity index (χ4v) is 2.36.